The van der Waals surface area contributed by atoms with Crippen molar-refractivity contribution in [1.82, 2.24) is 4.98 Å². The van der Waals surface area contributed by atoms with Crippen molar-refractivity contribution in [2.24, 2.45) is 11.3 Å². The largest absolute Gasteiger partial charge is 0.375 e. The Balaban J connectivity index is 2.61. The summed E-state index contributed by atoms with van der Waals surface area (Å²) in [7, 11) is 3.67. The smallest absolute Gasteiger partial charge is 0.106 e. The molecule has 0 bridgehead atoms. The Morgan fingerprint density at radius 3 is 2.29 bits per heavy atom. The molecule has 0 amide bonds. The second kappa shape index (κ2) is 8.95. The molecule has 0 unspecified atom stereocenters. The van der Waals surface area contributed by atoms with Crippen LogP contribution in [0.1, 0.15) is 68.2 Å². The molecule has 1 rings (SSSR count). The lowest BCUT2D eigenvalue weighted by molar-refractivity contribution is -0.105. The van der Waals surface area contributed by atoms with Gasteiger partial charge in [-0.05, 0) is 74.8 Å². The summed E-state index contributed by atoms with van der Waals surface area (Å²) in [6.07, 6.45) is 4.05. The number of pyridine rings is 1. The standard InChI is InChI=1S/C20H35NOS2/c1-16(2)12-14-22-20(7,8)18(3,4)15-19(5,6)24-23-17-11-9-10-13-21-17/h9-11,13,16H,12,14-15H2,1-8H3. The Morgan fingerprint density at radius 1 is 1.08 bits per heavy atom. The van der Waals surface area contributed by atoms with Gasteiger partial charge in [0.05, 0.1) is 5.60 Å². The van der Waals surface area contributed by atoms with Crippen LogP contribution in [0.3, 0.4) is 0 Å². The van der Waals surface area contributed by atoms with E-state index in [2.05, 4.69) is 66.4 Å². The molecule has 0 fully saturated rings. The normalized spacial score (nSPS) is 13.5. The zero-order valence-electron chi connectivity index (χ0n) is 16.7. The van der Waals surface area contributed by atoms with Gasteiger partial charge in [0, 0.05) is 17.6 Å². The number of ether oxygens (including phenoxy) is 1. The average Bonchev–Trinajstić information content (AvgIpc) is 2.44. The molecule has 1 aromatic rings. The second-order valence-electron chi connectivity index (χ2n) is 8.70. The van der Waals surface area contributed by atoms with Crippen molar-refractivity contribution in [2.75, 3.05) is 6.61 Å². The summed E-state index contributed by atoms with van der Waals surface area (Å²) < 4.78 is 6.43. The van der Waals surface area contributed by atoms with Gasteiger partial charge in [-0.15, -0.1) is 0 Å². The fourth-order valence-electron chi connectivity index (χ4n) is 2.60. The third-order valence-corrected chi connectivity index (χ3v) is 7.85. The van der Waals surface area contributed by atoms with E-state index in [0.717, 1.165) is 24.5 Å². The number of hydrogen-bond acceptors (Lipinski definition) is 4. The van der Waals surface area contributed by atoms with Crippen molar-refractivity contribution in [3.8, 4) is 0 Å². The maximum atomic E-state index is 6.29. The molecule has 0 saturated carbocycles. The predicted molar refractivity (Wildman–Crippen MR) is 110 cm³/mol. The molecular formula is C20H35NOS2. The Labute approximate surface area is 157 Å². The van der Waals surface area contributed by atoms with E-state index in [1.54, 1.807) is 10.8 Å². The van der Waals surface area contributed by atoms with Crippen molar-refractivity contribution < 1.29 is 4.74 Å². The van der Waals surface area contributed by atoms with Crippen LogP contribution >= 0.6 is 21.6 Å². The monoisotopic (exact) mass is 369 g/mol. The molecule has 2 nitrogen and oxygen atoms in total. The molecule has 0 spiro atoms. The minimum absolute atomic E-state index is 0.0884. The molecule has 0 aromatic carbocycles. The fourth-order valence-corrected chi connectivity index (χ4v) is 4.98. The predicted octanol–water partition coefficient (Wildman–Crippen LogP) is 6.86. The van der Waals surface area contributed by atoms with Gasteiger partial charge in [0.15, 0.2) is 0 Å². The minimum atomic E-state index is -0.143. The van der Waals surface area contributed by atoms with Crippen molar-refractivity contribution >= 4 is 21.6 Å². The molecule has 0 aliphatic rings. The minimum Gasteiger partial charge on any atom is -0.375 e. The third-order valence-electron chi connectivity index (χ3n) is 4.65. The number of hydrogen-bond donors (Lipinski definition) is 0. The molecule has 0 radical (unpaired) electrons. The quantitative estimate of drug-likeness (QED) is 0.420. The van der Waals surface area contributed by atoms with Gasteiger partial charge in [0.25, 0.3) is 0 Å². The fraction of sp³-hybridized carbons (Fsp3) is 0.750. The molecule has 24 heavy (non-hydrogen) atoms. The lowest BCUT2D eigenvalue weighted by Gasteiger charge is -2.45. The van der Waals surface area contributed by atoms with Crippen LogP contribution in [0.5, 0.6) is 0 Å². The van der Waals surface area contributed by atoms with E-state index >= 15 is 0 Å². The van der Waals surface area contributed by atoms with Gasteiger partial charge in [0.2, 0.25) is 0 Å². The highest BCUT2D eigenvalue weighted by molar-refractivity contribution is 8.77. The van der Waals surface area contributed by atoms with Gasteiger partial charge < -0.3 is 4.74 Å². The first-order chi connectivity index (χ1) is 11.0. The number of nitrogens with zero attached hydrogens (tertiary/aromatic N) is 1. The first kappa shape index (κ1) is 21.9. The first-order valence-corrected chi connectivity index (χ1v) is 11.0. The summed E-state index contributed by atoms with van der Waals surface area (Å²) in [6, 6.07) is 6.07. The van der Waals surface area contributed by atoms with Crippen molar-refractivity contribution in [1.29, 1.82) is 0 Å². The van der Waals surface area contributed by atoms with E-state index in [1.165, 1.54) is 0 Å². The van der Waals surface area contributed by atoms with Gasteiger partial charge in [0.1, 0.15) is 5.03 Å². The first-order valence-electron chi connectivity index (χ1n) is 8.86. The van der Waals surface area contributed by atoms with E-state index < -0.39 is 0 Å². The van der Waals surface area contributed by atoms with Crippen molar-refractivity contribution in [3.05, 3.63) is 24.4 Å². The summed E-state index contributed by atoms with van der Waals surface area (Å²) in [5, 5.41) is 1.07. The summed E-state index contributed by atoms with van der Waals surface area (Å²) in [4.78, 5) is 4.40. The molecule has 0 aliphatic carbocycles. The van der Waals surface area contributed by atoms with Gasteiger partial charge in [-0.1, -0.05) is 44.6 Å². The Morgan fingerprint density at radius 2 is 1.75 bits per heavy atom. The van der Waals surface area contributed by atoms with Crippen LogP contribution in [0.2, 0.25) is 0 Å². The van der Waals surface area contributed by atoms with Crippen molar-refractivity contribution in [2.45, 2.75) is 83.6 Å². The lowest BCUT2D eigenvalue weighted by atomic mass is 9.71. The van der Waals surface area contributed by atoms with E-state index in [-0.39, 0.29) is 15.8 Å². The maximum Gasteiger partial charge on any atom is 0.106 e. The van der Waals surface area contributed by atoms with Crippen molar-refractivity contribution in [3.63, 3.8) is 0 Å². The molecule has 0 N–H and O–H groups in total. The zero-order valence-corrected chi connectivity index (χ0v) is 18.3. The highest BCUT2D eigenvalue weighted by atomic mass is 33.1. The summed E-state index contributed by atoms with van der Waals surface area (Å²) in [6.45, 7) is 19.1. The van der Waals surface area contributed by atoms with Crippen LogP contribution in [0.4, 0.5) is 0 Å². The van der Waals surface area contributed by atoms with E-state index in [1.807, 2.05) is 29.1 Å². The molecule has 0 saturated heterocycles. The average molecular weight is 370 g/mol. The van der Waals surface area contributed by atoms with Crippen LogP contribution in [0.15, 0.2) is 29.4 Å². The SMILES string of the molecule is CC(C)CCOC(C)(C)C(C)(C)CC(C)(C)SSc1ccccn1. The van der Waals surface area contributed by atoms with Crippen LogP contribution in [0, 0.1) is 11.3 Å². The summed E-state index contributed by atoms with van der Waals surface area (Å²) >= 11 is 0. The van der Waals surface area contributed by atoms with Gasteiger partial charge in [-0.25, -0.2) is 4.98 Å². The van der Waals surface area contributed by atoms with Crippen LogP contribution < -0.4 is 0 Å². The second-order valence-corrected chi connectivity index (χ2v) is 11.6. The van der Waals surface area contributed by atoms with Crippen LogP contribution in [-0.4, -0.2) is 21.9 Å². The highest BCUT2D eigenvalue weighted by Crippen LogP contribution is 2.49. The Hall–Kier alpha value is -0.190. The summed E-state index contributed by atoms with van der Waals surface area (Å²) in [5.41, 5.74) is -0.0550. The van der Waals surface area contributed by atoms with Crippen LogP contribution in [-0.2, 0) is 4.74 Å². The Kier molecular flexibility index (Phi) is 8.15. The van der Waals surface area contributed by atoms with Gasteiger partial charge in [-0.3, -0.25) is 0 Å². The highest BCUT2D eigenvalue weighted by Gasteiger charge is 2.42. The van der Waals surface area contributed by atoms with E-state index in [4.69, 9.17) is 4.74 Å². The molecule has 1 aromatic heterocycles. The van der Waals surface area contributed by atoms with E-state index in [9.17, 15) is 0 Å². The summed E-state index contributed by atoms with van der Waals surface area (Å²) in [5.74, 6) is 0.686. The number of rotatable bonds is 10. The molecule has 1 heterocycles. The molecular weight excluding hydrogens is 334 g/mol. The van der Waals surface area contributed by atoms with Gasteiger partial charge >= 0.3 is 0 Å². The van der Waals surface area contributed by atoms with Gasteiger partial charge in [-0.2, -0.15) is 0 Å². The molecule has 0 atom stereocenters. The maximum absolute atomic E-state index is 6.29. The Bertz CT molecular complexity index is 484. The topological polar surface area (TPSA) is 22.1 Å². The van der Waals surface area contributed by atoms with Crippen LogP contribution in [0.25, 0.3) is 0 Å². The molecule has 4 heteroatoms. The third kappa shape index (κ3) is 7.37. The zero-order chi connectivity index (χ0) is 18.4. The lowest BCUT2D eigenvalue weighted by Crippen LogP contribution is -2.45. The molecule has 0 aliphatic heterocycles. The molecule has 138 valence electrons. The number of aromatic nitrogens is 1. The van der Waals surface area contributed by atoms with E-state index in [0.29, 0.717) is 5.92 Å².